The van der Waals surface area contributed by atoms with Gasteiger partial charge in [-0.05, 0) is 13.3 Å². The molecule has 0 aliphatic heterocycles. The van der Waals surface area contributed by atoms with Gasteiger partial charge in [0.15, 0.2) is 0 Å². The summed E-state index contributed by atoms with van der Waals surface area (Å²) in [5.74, 6) is 0.657. The van der Waals surface area contributed by atoms with Crippen LogP contribution in [0.2, 0.25) is 0 Å². The SMILES string of the molecule is CC(N)=NC1C=CC=CC1. The first-order valence-electron chi connectivity index (χ1n) is 3.42. The summed E-state index contributed by atoms with van der Waals surface area (Å²) in [6.45, 7) is 1.81. The maximum Gasteiger partial charge on any atom is 0.0913 e. The number of amidine groups is 1. The number of nitrogens with zero attached hydrogens (tertiary/aromatic N) is 1. The van der Waals surface area contributed by atoms with Crippen LogP contribution in [0.5, 0.6) is 0 Å². The zero-order chi connectivity index (χ0) is 7.40. The Balaban J connectivity index is 2.52. The summed E-state index contributed by atoms with van der Waals surface area (Å²) in [4.78, 5) is 4.19. The van der Waals surface area contributed by atoms with Crippen LogP contribution in [-0.2, 0) is 0 Å². The minimum absolute atomic E-state index is 0.273. The molecule has 0 spiro atoms. The summed E-state index contributed by atoms with van der Waals surface area (Å²) < 4.78 is 0. The third kappa shape index (κ3) is 2.05. The molecular weight excluding hydrogens is 124 g/mol. The molecule has 0 bridgehead atoms. The molecule has 0 amide bonds. The Kier molecular flexibility index (Phi) is 2.26. The van der Waals surface area contributed by atoms with E-state index < -0.39 is 0 Å². The zero-order valence-corrected chi connectivity index (χ0v) is 6.12. The highest BCUT2D eigenvalue weighted by Gasteiger charge is 2.00. The van der Waals surface area contributed by atoms with Gasteiger partial charge in [-0.15, -0.1) is 0 Å². The lowest BCUT2D eigenvalue weighted by atomic mass is 10.1. The molecule has 0 aromatic heterocycles. The molecule has 0 saturated heterocycles. The lowest BCUT2D eigenvalue weighted by Crippen LogP contribution is -2.11. The second-order valence-corrected chi connectivity index (χ2v) is 2.39. The van der Waals surface area contributed by atoms with Crippen molar-refractivity contribution in [1.29, 1.82) is 0 Å². The average molecular weight is 136 g/mol. The van der Waals surface area contributed by atoms with Gasteiger partial charge in [0.2, 0.25) is 0 Å². The van der Waals surface area contributed by atoms with Crippen molar-refractivity contribution in [3.05, 3.63) is 24.3 Å². The van der Waals surface area contributed by atoms with Gasteiger partial charge in [0, 0.05) is 0 Å². The van der Waals surface area contributed by atoms with Crippen LogP contribution < -0.4 is 5.73 Å². The first-order chi connectivity index (χ1) is 4.79. The second-order valence-electron chi connectivity index (χ2n) is 2.39. The number of allylic oxidation sites excluding steroid dienone is 2. The predicted molar refractivity (Wildman–Crippen MR) is 44.0 cm³/mol. The van der Waals surface area contributed by atoms with Gasteiger partial charge in [0.25, 0.3) is 0 Å². The summed E-state index contributed by atoms with van der Waals surface area (Å²) in [7, 11) is 0. The minimum Gasteiger partial charge on any atom is -0.388 e. The Morgan fingerprint density at radius 1 is 1.60 bits per heavy atom. The van der Waals surface area contributed by atoms with Crippen LogP contribution in [0.25, 0.3) is 0 Å². The standard InChI is InChI=1S/C8H12N2/c1-7(9)10-8-5-3-2-4-6-8/h2-5,8H,6H2,1H3,(H2,9,10). The molecule has 0 aromatic rings. The third-order valence-corrected chi connectivity index (χ3v) is 1.33. The molecule has 54 valence electrons. The summed E-state index contributed by atoms with van der Waals surface area (Å²) in [6, 6.07) is 0.273. The van der Waals surface area contributed by atoms with Crippen molar-refractivity contribution in [2.75, 3.05) is 0 Å². The van der Waals surface area contributed by atoms with Crippen LogP contribution in [0.4, 0.5) is 0 Å². The Morgan fingerprint density at radius 3 is 2.90 bits per heavy atom. The van der Waals surface area contributed by atoms with Gasteiger partial charge >= 0.3 is 0 Å². The molecule has 1 rings (SSSR count). The van der Waals surface area contributed by atoms with Gasteiger partial charge < -0.3 is 5.73 Å². The monoisotopic (exact) mass is 136 g/mol. The highest BCUT2D eigenvalue weighted by Crippen LogP contribution is 2.06. The van der Waals surface area contributed by atoms with Crippen molar-refractivity contribution < 1.29 is 0 Å². The fourth-order valence-corrected chi connectivity index (χ4v) is 0.925. The van der Waals surface area contributed by atoms with Gasteiger partial charge in [-0.2, -0.15) is 0 Å². The van der Waals surface area contributed by atoms with Crippen LogP contribution >= 0.6 is 0 Å². The van der Waals surface area contributed by atoms with E-state index in [1.807, 2.05) is 19.1 Å². The molecule has 0 saturated carbocycles. The van der Waals surface area contributed by atoms with Crippen molar-refractivity contribution in [3.8, 4) is 0 Å². The topological polar surface area (TPSA) is 38.4 Å². The van der Waals surface area contributed by atoms with E-state index in [0.29, 0.717) is 5.84 Å². The van der Waals surface area contributed by atoms with Gasteiger partial charge in [-0.1, -0.05) is 24.3 Å². The fraction of sp³-hybridized carbons (Fsp3) is 0.375. The quantitative estimate of drug-likeness (QED) is 0.427. The van der Waals surface area contributed by atoms with Crippen LogP contribution in [0.3, 0.4) is 0 Å². The van der Waals surface area contributed by atoms with Crippen molar-refractivity contribution in [2.45, 2.75) is 19.4 Å². The van der Waals surface area contributed by atoms with Crippen LogP contribution in [0.1, 0.15) is 13.3 Å². The minimum atomic E-state index is 0.273. The van der Waals surface area contributed by atoms with Crippen molar-refractivity contribution in [2.24, 2.45) is 10.7 Å². The Morgan fingerprint density at radius 2 is 2.40 bits per heavy atom. The number of hydrogen-bond acceptors (Lipinski definition) is 1. The maximum absolute atomic E-state index is 5.42. The Bertz CT molecular complexity index is 185. The number of aliphatic imine (C=N–C) groups is 1. The summed E-state index contributed by atoms with van der Waals surface area (Å²) in [5.41, 5.74) is 5.42. The van der Waals surface area contributed by atoms with Gasteiger partial charge in [-0.3, -0.25) is 4.99 Å². The molecule has 0 aromatic carbocycles. The molecule has 1 unspecified atom stereocenters. The summed E-state index contributed by atoms with van der Waals surface area (Å²) in [5, 5.41) is 0. The Labute approximate surface area is 61.1 Å². The number of hydrogen-bond donors (Lipinski definition) is 1. The average Bonchev–Trinajstić information content (AvgIpc) is 1.88. The molecule has 1 atom stereocenters. The van der Waals surface area contributed by atoms with E-state index in [4.69, 9.17) is 5.73 Å². The van der Waals surface area contributed by atoms with E-state index in [2.05, 4.69) is 17.1 Å². The molecule has 2 N–H and O–H groups in total. The highest BCUT2D eigenvalue weighted by molar-refractivity contribution is 5.77. The van der Waals surface area contributed by atoms with Crippen molar-refractivity contribution in [3.63, 3.8) is 0 Å². The smallest absolute Gasteiger partial charge is 0.0913 e. The van der Waals surface area contributed by atoms with Gasteiger partial charge in [0.05, 0.1) is 11.9 Å². The van der Waals surface area contributed by atoms with Gasteiger partial charge in [-0.25, -0.2) is 0 Å². The number of rotatable bonds is 1. The normalized spacial score (nSPS) is 25.3. The first-order valence-corrected chi connectivity index (χ1v) is 3.42. The van der Waals surface area contributed by atoms with Crippen LogP contribution in [-0.4, -0.2) is 11.9 Å². The summed E-state index contributed by atoms with van der Waals surface area (Å²) >= 11 is 0. The molecule has 0 heterocycles. The molecule has 1 aliphatic carbocycles. The summed E-state index contributed by atoms with van der Waals surface area (Å²) in [6.07, 6.45) is 9.15. The third-order valence-electron chi connectivity index (χ3n) is 1.33. The molecular formula is C8H12N2. The molecule has 0 fully saturated rings. The first kappa shape index (κ1) is 7.06. The van der Waals surface area contributed by atoms with Crippen LogP contribution in [0, 0.1) is 0 Å². The van der Waals surface area contributed by atoms with E-state index in [1.54, 1.807) is 0 Å². The van der Waals surface area contributed by atoms with E-state index >= 15 is 0 Å². The second kappa shape index (κ2) is 3.20. The highest BCUT2D eigenvalue weighted by atomic mass is 14.9. The largest absolute Gasteiger partial charge is 0.388 e. The van der Waals surface area contributed by atoms with Crippen molar-refractivity contribution in [1.82, 2.24) is 0 Å². The van der Waals surface area contributed by atoms with Crippen molar-refractivity contribution >= 4 is 5.84 Å². The number of nitrogens with two attached hydrogens (primary N) is 1. The van der Waals surface area contributed by atoms with E-state index in [1.165, 1.54) is 0 Å². The van der Waals surface area contributed by atoms with Crippen LogP contribution in [0.15, 0.2) is 29.3 Å². The van der Waals surface area contributed by atoms with E-state index in [-0.39, 0.29) is 6.04 Å². The fourth-order valence-electron chi connectivity index (χ4n) is 0.925. The molecule has 2 nitrogen and oxygen atoms in total. The van der Waals surface area contributed by atoms with E-state index in [9.17, 15) is 0 Å². The lowest BCUT2D eigenvalue weighted by molar-refractivity contribution is 0.824. The molecule has 10 heavy (non-hydrogen) atoms. The Hall–Kier alpha value is -1.05. The molecule has 2 heteroatoms. The molecule has 1 aliphatic rings. The zero-order valence-electron chi connectivity index (χ0n) is 6.12. The van der Waals surface area contributed by atoms with E-state index in [0.717, 1.165) is 6.42 Å². The molecule has 0 radical (unpaired) electrons. The predicted octanol–water partition coefficient (Wildman–Crippen LogP) is 1.25. The lowest BCUT2D eigenvalue weighted by Gasteiger charge is -2.06. The van der Waals surface area contributed by atoms with Gasteiger partial charge in [0.1, 0.15) is 0 Å². The maximum atomic E-state index is 5.42.